The third kappa shape index (κ3) is 1.27. The number of fused-ring (bicyclic) bond motifs is 1. The first-order valence-electron chi connectivity index (χ1n) is 3.75. The molecule has 3 nitrogen and oxygen atoms in total. The molecular weight excluding hydrogens is 188 g/mol. The van der Waals surface area contributed by atoms with Crippen LogP contribution in [0.1, 0.15) is 10.4 Å². The van der Waals surface area contributed by atoms with Crippen LogP contribution < -0.4 is 5.73 Å². The Hall–Kier alpha value is -1.48. The van der Waals surface area contributed by atoms with E-state index in [2.05, 4.69) is 4.98 Å². The highest BCUT2D eigenvalue weighted by Gasteiger charge is 2.04. The van der Waals surface area contributed by atoms with Crippen molar-refractivity contribution in [2.75, 3.05) is 0 Å². The number of aromatic amines is 1. The minimum Gasteiger partial charge on any atom is -0.366 e. The van der Waals surface area contributed by atoms with E-state index in [1.165, 1.54) is 0 Å². The number of benzene rings is 1. The molecule has 0 atom stereocenters. The van der Waals surface area contributed by atoms with Crippen molar-refractivity contribution in [3.8, 4) is 0 Å². The molecule has 0 fully saturated rings. The number of primary amides is 1. The van der Waals surface area contributed by atoms with Crippen LogP contribution in [-0.2, 0) is 0 Å². The van der Waals surface area contributed by atoms with Crippen molar-refractivity contribution >= 4 is 28.4 Å². The van der Waals surface area contributed by atoms with Crippen LogP contribution in [0.2, 0.25) is 5.02 Å². The zero-order chi connectivity index (χ0) is 9.42. The molecule has 1 heterocycles. The Balaban J connectivity index is 2.70. The van der Waals surface area contributed by atoms with Crippen molar-refractivity contribution in [2.45, 2.75) is 0 Å². The van der Waals surface area contributed by atoms with Gasteiger partial charge in [0.05, 0.1) is 5.02 Å². The maximum absolute atomic E-state index is 10.8. The lowest BCUT2D eigenvalue weighted by Gasteiger charge is -1.95. The van der Waals surface area contributed by atoms with Gasteiger partial charge in [-0.1, -0.05) is 17.7 Å². The topological polar surface area (TPSA) is 58.9 Å². The molecule has 0 saturated carbocycles. The van der Waals surface area contributed by atoms with Gasteiger partial charge in [0, 0.05) is 22.7 Å². The molecule has 0 aliphatic rings. The number of amides is 1. The Morgan fingerprint density at radius 1 is 1.46 bits per heavy atom. The fourth-order valence-corrected chi connectivity index (χ4v) is 1.46. The average Bonchev–Trinajstić information content (AvgIpc) is 2.47. The molecule has 2 rings (SSSR count). The van der Waals surface area contributed by atoms with Crippen LogP contribution in [0.15, 0.2) is 24.4 Å². The third-order valence-corrected chi connectivity index (χ3v) is 2.23. The van der Waals surface area contributed by atoms with E-state index in [0.29, 0.717) is 10.6 Å². The predicted molar refractivity (Wildman–Crippen MR) is 51.8 cm³/mol. The maximum atomic E-state index is 10.8. The number of H-pyrrole nitrogens is 1. The highest BCUT2D eigenvalue weighted by Crippen LogP contribution is 2.23. The van der Waals surface area contributed by atoms with E-state index in [1.807, 2.05) is 0 Å². The van der Waals surface area contributed by atoms with Crippen LogP contribution in [0.4, 0.5) is 0 Å². The second-order valence-corrected chi connectivity index (χ2v) is 3.17. The first-order valence-corrected chi connectivity index (χ1v) is 4.13. The largest absolute Gasteiger partial charge is 0.366 e. The quantitative estimate of drug-likeness (QED) is 0.716. The predicted octanol–water partition coefficient (Wildman–Crippen LogP) is 1.92. The maximum Gasteiger partial charge on any atom is 0.248 e. The average molecular weight is 195 g/mol. The molecule has 2 aromatic rings. The van der Waals surface area contributed by atoms with Gasteiger partial charge in [-0.25, -0.2) is 0 Å². The summed E-state index contributed by atoms with van der Waals surface area (Å²) in [6.45, 7) is 0. The minimum atomic E-state index is -0.437. The summed E-state index contributed by atoms with van der Waals surface area (Å²) < 4.78 is 0. The van der Waals surface area contributed by atoms with E-state index in [-0.39, 0.29) is 0 Å². The fraction of sp³-hybridized carbons (Fsp3) is 0. The van der Waals surface area contributed by atoms with Gasteiger partial charge in [-0.2, -0.15) is 0 Å². The third-order valence-electron chi connectivity index (χ3n) is 1.92. The van der Waals surface area contributed by atoms with E-state index in [9.17, 15) is 4.79 Å². The second-order valence-electron chi connectivity index (χ2n) is 2.76. The standard InChI is InChI=1S/C9H7ClN2O/c10-7-4-12-8-3-5(9(11)13)1-2-6(7)8/h1-4,12H,(H2,11,13). The molecule has 0 aliphatic heterocycles. The van der Waals surface area contributed by atoms with Crippen LogP contribution in [-0.4, -0.2) is 10.9 Å². The summed E-state index contributed by atoms with van der Waals surface area (Å²) >= 11 is 5.86. The van der Waals surface area contributed by atoms with Crippen LogP contribution in [0.25, 0.3) is 10.9 Å². The minimum absolute atomic E-state index is 0.437. The van der Waals surface area contributed by atoms with E-state index < -0.39 is 5.91 Å². The number of nitrogens with two attached hydrogens (primary N) is 1. The van der Waals surface area contributed by atoms with Gasteiger partial charge in [0.2, 0.25) is 5.91 Å². The van der Waals surface area contributed by atoms with Crippen LogP contribution in [0, 0.1) is 0 Å². The number of halogens is 1. The highest BCUT2D eigenvalue weighted by molar-refractivity contribution is 6.35. The van der Waals surface area contributed by atoms with Crippen LogP contribution in [0.3, 0.4) is 0 Å². The molecule has 1 aromatic carbocycles. The van der Waals surface area contributed by atoms with Crippen molar-refractivity contribution in [1.82, 2.24) is 4.98 Å². The number of hydrogen-bond donors (Lipinski definition) is 2. The van der Waals surface area contributed by atoms with Gasteiger partial charge < -0.3 is 10.7 Å². The molecule has 0 unspecified atom stereocenters. The van der Waals surface area contributed by atoms with Crippen LogP contribution >= 0.6 is 11.6 Å². The van der Waals surface area contributed by atoms with E-state index in [4.69, 9.17) is 17.3 Å². The molecule has 0 saturated heterocycles. The van der Waals surface area contributed by atoms with Crippen molar-refractivity contribution < 1.29 is 4.79 Å². The molecular formula is C9H7ClN2O. The Morgan fingerprint density at radius 2 is 2.23 bits per heavy atom. The van der Waals surface area contributed by atoms with Gasteiger partial charge in [-0.15, -0.1) is 0 Å². The monoisotopic (exact) mass is 194 g/mol. The molecule has 0 spiro atoms. The van der Waals surface area contributed by atoms with Gasteiger partial charge in [0.1, 0.15) is 0 Å². The molecule has 3 N–H and O–H groups in total. The zero-order valence-electron chi connectivity index (χ0n) is 6.67. The molecule has 66 valence electrons. The lowest BCUT2D eigenvalue weighted by Crippen LogP contribution is -2.10. The Kier molecular flexibility index (Phi) is 1.74. The number of carbonyl (C=O) groups excluding carboxylic acids is 1. The Morgan fingerprint density at radius 3 is 2.92 bits per heavy atom. The van der Waals surface area contributed by atoms with Crippen molar-refractivity contribution in [1.29, 1.82) is 0 Å². The van der Waals surface area contributed by atoms with Crippen LogP contribution in [0.5, 0.6) is 0 Å². The fourth-order valence-electron chi connectivity index (χ4n) is 1.24. The van der Waals surface area contributed by atoms with Crippen molar-refractivity contribution in [3.63, 3.8) is 0 Å². The smallest absolute Gasteiger partial charge is 0.248 e. The first-order chi connectivity index (χ1) is 6.18. The number of hydrogen-bond acceptors (Lipinski definition) is 1. The van der Waals surface area contributed by atoms with E-state index in [1.54, 1.807) is 24.4 Å². The Labute approximate surface area is 79.5 Å². The van der Waals surface area contributed by atoms with Gasteiger partial charge in [-0.05, 0) is 12.1 Å². The summed E-state index contributed by atoms with van der Waals surface area (Å²) in [4.78, 5) is 13.8. The van der Waals surface area contributed by atoms with Gasteiger partial charge in [-0.3, -0.25) is 4.79 Å². The molecule has 4 heteroatoms. The summed E-state index contributed by atoms with van der Waals surface area (Å²) in [5.41, 5.74) is 6.42. The number of aromatic nitrogens is 1. The van der Waals surface area contributed by atoms with E-state index in [0.717, 1.165) is 10.9 Å². The molecule has 0 radical (unpaired) electrons. The molecule has 1 aromatic heterocycles. The first kappa shape index (κ1) is 8.13. The van der Waals surface area contributed by atoms with Gasteiger partial charge in [0.15, 0.2) is 0 Å². The lowest BCUT2D eigenvalue weighted by molar-refractivity contribution is 0.100. The molecule has 1 amide bonds. The summed E-state index contributed by atoms with van der Waals surface area (Å²) in [6.07, 6.45) is 1.68. The molecule has 13 heavy (non-hydrogen) atoms. The highest BCUT2D eigenvalue weighted by atomic mass is 35.5. The Bertz CT molecular complexity index is 475. The normalized spacial score (nSPS) is 10.5. The summed E-state index contributed by atoms with van der Waals surface area (Å²) in [6, 6.07) is 5.11. The van der Waals surface area contributed by atoms with Crippen molar-refractivity contribution in [3.05, 3.63) is 35.0 Å². The SMILES string of the molecule is NC(=O)c1ccc2c(Cl)c[nH]c2c1. The van der Waals surface area contributed by atoms with E-state index >= 15 is 0 Å². The second kappa shape index (κ2) is 2.78. The van der Waals surface area contributed by atoms with Gasteiger partial charge in [0.25, 0.3) is 0 Å². The number of rotatable bonds is 1. The van der Waals surface area contributed by atoms with Gasteiger partial charge >= 0.3 is 0 Å². The summed E-state index contributed by atoms with van der Waals surface area (Å²) in [5, 5.41) is 1.54. The molecule has 0 aliphatic carbocycles. The number of nitrogens with one attached hydrogen (secondary N) is 1. The number of carbonyl (C=O) groups is 1. The van der Waals surface area contributed by atoms with Crippen molar-refractivity contribution in [2.24, 2.45) is 5.73 Å². The summed E-state index contributed by atoms with van der Waals surface area (Å²) in [7, 11) is 0. The lowest BCUT2D eigenvalue weighted by atomic mass is 10.1. The summed E-state index contributed by atoms with van der Waals surface area (Å²) in [5.74, 6) is -0.437. The zero-order valence-corrected chi connectivity index (χ0v) is 7.43. The molecule has 0 bridgehead atoms.